The SMILES string of the molecule is CCC(C)(C)n1nnnc1[C@@H](c1ccc(C)cc1)N1CCN(c2nc3ccccc3s2)CC1. The van der Waals surface area contributed by atoms with Crippen LogP contribution >= 0.6 is 11.3 Å². The third-order valence-corrected chi connectivity index (χ3v) is 7.90. The number of hydrogen-bond donors (Lipinski definition) is 0. The van der Waals surface area contributed by atoms with Gasteiger partial charge < -0.3 is 4.90 Å². The fourth-order valence-electron chi connectivity index (χ4n) is 4.38. The van der Waals surface area contributed by atoms with Gasteiger partial charge in [0.2, 0.25) is 0 Å². The van der Waals surface area contributed by atoms with Crippen molar-refractivity contribution in [2.24, 2.45) is 0 Å². The predicted molar refractivity (Wildman–Crippen MR) is 134 cm³/mol. The molecule has 0 radical (unpaired) electrons. The topological polar surface area (TPSA) is 63.0 Å². The summed E-state index contributed by atoms with van der Waals surface area (Å²) in [6.07, 6.45) is 0.955. The zero-order valence-electron chi connectivity index (χ0n) is 19.8. The van der Waals surface area contributed by atoms with Crippen LogP contribution < -0.4 is 4.90 Å². The molecule has 1 fully saturated rings. The molecule has 0 spiro atoms. The molecule has 172 valence electrons. The molecule has 33 heavy (non-hydrogen) atoms. The number of tetrazole rings is 1. The van der Waals surface area contributed by atoms with Crippen LogP contribution in [-0.2, 0) is 5.54 Å². The van der Waals surface area contributed by atoms with Crippen LogP contribution in [0.1, 0.15) is 50.2 Å². The molecule has 0 bridgehead atoms. The lowest BCUT2D eigenvalue weighted by atomic mass is 9.98. The molecule has 7 nitrogen and oxygen atoms in total. The number of anilines is 1. The Morgan fingerprint density at radius 1 is 1.00 bits per heavy atom. The van der Waals surface area contributed by atoms with Crippen molar-refractivity contribution in [2.45, 2.75) is 45.7 Å². The number of para-hydroxylation sites is 1. The van der Waals surface area contributed by atoms with E-state index in [0.29, 0.717) is 0 Å². The Morgan fingerprint density at radius 3 is 2.42 bits per heavy atom. The number of benzene rings is 2. The Labute approximate surface area is 199 Å². The maximum Gasteiger partial charge on any atom is 0.186 e. The summed E-state index contributed by atoms with van der Waals surface area (Å²) >= 11 is 1.78. The molecule has 2 aromatic carbocycles. The molecule has 4 aromatic rings. The number of aryl methyl sites for hydroxylation is 1. The molecule has 1 saturated heterocycles. The lowest BCUT2D eigenvalue weighted by molar-refractivity contribution is 0.187. The average molecular weight is 462 g/mol. The summed E-state index contributed by atoms with van der Waals surface area (Å²) < 4.78 is 3.27. The molecule has 5 rings (SSSR count). The Morgan fingerprint density at radius 2 is 1.73 bits per heavy atom. The number of aromatic nitrogens is 5. The number of hydrogen-bond acceptors (Lipinski definition) is 7. The minimum Gasteiger partial charge on any atom is -0.345 e. The quantitative estimate of drug-likeness (QED) is 0.417. The zero-order valence-corrected chi connectivity index (χ0v) is 20.6. The smallest absolute Gasteiger partial charge is 0.186 e. The molecule has 0 amide bonds. The first-order chi connectivity index (χ1) is 16.0. The third kappa shape index (κ3) is 4.25. The van der Waals surface area contributed by atoms with E-state index in [9.17, 15) is 0 Å². The van der Waals surface area contributed by atoms with E-state index in [1.807, 2.05) is 4.68 Å². The maximum atomic E-state index is 4.87. The Kier molecular flexibility index (Phi) is 5.88. The highest BCUT2D eigenvalue weighted by Gasteiger charge is 2.34. The van der Waals surface area contributed by atoms with Gasteiger partial charge in [-0.15, -0.1) is 5.10 Å². The molecule has 1 aliphatic heterocycles. The van der Waals surface area contributed by atoms with Crippen molar-refractivity contribution in [1.82, 2.24) is 30.1 Å². The van der Waals surface area contributed by atoms with Crippen molar-refractivity contribution in [2.75, 3.05) is 31.1 Å². The summed E-state index contributed by atoms with van der Waals surface area (Å²) in [7, 11) is 0. The Hall–Kier alpha value is -2.84. The number of rotatable bonds is 6. The molecular formula is C25H31N7S. The summed E-state index contributed by atoms with van der Waals surface area (Å²) in [5.74, 6) is 0.916. The molecule has 3 heterocycles. The number of piperazine rings is 1. The second-order valence-corrected chi connectivity index (χ2v) is 10.4. The first kappa shape index (κ1) is 22.0. The molecule has 0 saturated carbocycles. The van der Waals surface area contributed by atoms with E-state index >= 15 is 0 Å². The van der Waals surface area contributed by atoms with Crippen molar-refractivity contribution >= 4 is 26.7 Å². The molecule has 8 heteroatoms. The van der Waals surface area contributed by atoms with Gasteiger partial charge in [-0.3, -0.25) is 4.90 Å². The summed E-state index contributed by atoms with van der Waals surface area (Å²) in [4.78, 5) is 9.80. The summed E-state index contributed by atoms with van der Waals surface area (Å²) in [5, 5.41) is 14.2. The highest BCUT2D eigenvalue weighted by Crippen LogP contribution is 2.34. The third-order valence-electron chi connectivity index (χ3n) is 6.80. The molecule has 0 unspecified atom stereocenters. The monoisotopic (exact) mass is 461 g/mol. The summed E-state index contributed by atoms with van der Waals surface area (Å²) in [6, 6.07) is 17.2. The van der Waals surface area contributed by atoms with Crippen molar-refractivity contribution < 1.29 is 0 Å². The van der Waals surface area contributed by atoms with Crippen LogP contribution in [0, 0.1) is 6.92 Å². The normalized spacial score (nSPS) is 16.4. The number of fused-ring (bicyclic) bond motifs is 1. The molecule has 2 aromatic heterocycles. The van der Waals surface area contributed by atoms with Gasteiger partial charge in [-0.05, 0) is 55.3 Å². The predicted octanol–water partition coefficient (Wildman–Crippen LogP) is 4.65. The van der Waals surface area contributed by atoms with Gasteiger partial charge in [0.25, 0.3) is 0 Å². The van der Waals surface area contributed by atoms with Gasteiger partial charge >= 0.3 is 0 Å². The summed E-state index contributed by atoms with van der Waals surface area (Å²) in [5.41, 5.74) is 3.42. The van der Waals surface area contributed by atoms with Crippen LogP contribution in [0.2, 0.25) is 0 Å². The molecule has 0 N–H and O–H groups in total. The number of thiazole rings is 1. The minimum atomic E-state index is -0.148. The largest absolute Gasteiger partial charge is 0.345 e. The van der Waals surface area contributed by atoms with Crippen LogP contribution in [0.3, 0.4) is 0 Å². The minimum absolute atomic E-state index is 0.0175. The van der Waals surface area contributed by atoms with Crippen molar-refractivity contribution in [3.63, 3.8) is 0 Å². The maximum absolute atomic E-state index is 4.87. The highest BCUT2D eigenvalue weighted by molar-refractivity contribution is 7.22. The van der Waals surface area contributed by atoms with Crippen LogP contribution in [0.15, 0.2) is 48.5 Å². The van der Waals surface area contributed by atoms with E-state index in [2.05, 4.69) is 102 Å². The second kappa shape index (κ2) is 8.83. The van der Waals surface area contributed by atoms with Crippen LogP contribution in [0.5, 0.6) is 0 Å². The Balaban J connectivity index is 1.43. The van der Waals surface area contributed by atoms with E-state index in [-0.39, 0.29) is 11.6 Å². The first-order valence-electron chi connectivity index (χ1n) is 11.7. The van der Waals surface area contributed by atoms with E-state index in [1.165, 1.54) is 15.8 Å². The van der Waals surface area contributed by atoms with Crippen molar-refractivity contribution in [3.8, 4) is 0 Å². The van der Waals surface area contributed by atoms with Gasteiger partial charge in [0.05, 0.1) is 21.8 Å². The fourth-order valence-corrected chi connectivity index (χ4v) is 5.40. The average Bonchev–Trinajstić information content (AvgIpc) is 3.49. The van der Waals surface area contributed by atoms with Crippen LogP contribution in [0.4, 0.5) is 5.13 Å². The van der Waals surface area contributed by atoms with Gasteiger partial charge in [-0.2, -0.15) is 0 Å². The van der Waals surface area contributed by atoms with Gasteiger partial charge in [0, 0.05) is 26.2 Å². The van der Waals surface area contributed by atoms with E-state index in [1.54, 1.807) is 11.3 Å². The lowest BCUT2D eigenvalue weighted by Gasteiger charge is -2.39. The van der Waals surface area contributed by atoms with Gasteiger partial charge in [-0.1, -0.05) is 60.2 Å². The standard InChI is InChI=1S/C25H31N7S/c1-5-25(3,4)32-23(27-28-29-32)22(19-12-10-18(2)11-13-19)30-14-16-31(17-15-30)24-26-20-8-6-7-9-21(20)33-24/h6-13,22H,5,14-17H2,1-4H3/t22-/m1/s1. The van der Waals surface area contributed by atoms with E-state index in [0.717, 1.165) is 49.1 Å². The highest BCUT2D eigenvalue weighted by atomic mass is 32.1. The zero-order chi connectivity index (χ0) is 23.0. The molecule has 1 atom stereocenters. The van der Waals surface area contributed by atoms with Crippen molar-refractivity contribution in [1.29, 1.82) is 0 Å². The molecule has 1 aliphatic rings. The van der Waals surface area contributed by atoms with Gasteiger partial charge in [-0.25, -0.2) is 9.67 Å². The van der Waals surface area contributed by atoms with E-state index in [4.69, 9.17) is 4.98 Å². The van der Waals surface area contributed by atoms with Gasteiger partial charge in [0.15, 0.2) is 11.0 Å². The van der Waals surface area contributed by atoms with Crippen LogP contribution in [0.25, 0.3) is 10.2 Å². The summed E-state index contributed by atoms with van der Waals surface area (Å²) in [6.45, 7) is 12.4. The second-order valence-electron chi connectivity index (χ2n) is 9.42. The van der Waals surface area contributed by atoms with Crippen LogP contribution in [-0.4, -0.2) is 56.3 Å². The van der Waals surface area contributed by atoms with Gasteiger partial charge in [0.1, 0.15) is 0 Å². The number of nitrogens with zero attached hydrogens (tertiary/aromatic N) is 7. The van der Waals surface area contributed by atoms with Crippen molar-refractivity contribution in [3.05, 3.63) is 65.5 Å². The molecular weight excluding hydrogens is 430 g/mol. The fraction of sp³-hybridized carbons (Fsp3) is 0.440. The first-order valence-corrected chi connectivity index (χ1v) is 12.5. The Bertz CT molecular complexity index is 1190. The molecule has 0 aliphatic carbocycles. The lowest BCUT2D eigenvalue weighted by Crippen LogP contribution is -2.48. The van der Waals surface area contributed by atoms with E-state index < -0.39 is 0 Å².